The zero-order chi connectivity index (χ0) is 12.3. The maximum absolute atomic E-state index is 10.8. The average Bonchev–Trinajstić information content (AvgIpc) is 2.11. The second-order valence-electron chi connectivity index (χ2n) is 5.23. The Morgan fingerprint density at radius 3 is 1.93 bits per heavy atom. The monoisotopic (exact) mass is 232 g/mol. The normalized spacial score (nSPS) is 14.8. The predicted octanol–water partition coefficient (Wildman–Crippen LogP) is 4.10. The molecular formula is C11H24O3Si. The average molecular weight is 232 g/mol. The Hall–Kier alpha value is -0.513. The molecule has 0 aromatic rings. The fourth-order valence-electron chi connectivity index (χ4n) is 2.06. The first-order chi connectivity index (χ1) is 6.69. The van der Waals surface area contributed by atoms with Crippen molar-refractivity contribution in [3.05, 3.63) is 0 Å². The first kappa shape index (κ1) is 14.5. The molecule has 0 aliphatic rings. The minimum atomic E-state index is -2.14. The van der Waals surface area contributed by atoms with Crippen molar-refractivity contribution in [2.24, 2.45) is 5.41 Å². The van der Waals surface area contributed by atoms with E-state index in [0.717, 1.165) is 12.1 Å². The van der Waals surface area contributed by atoms with Crippen LogP contribution in [-0.4, -0.2) is 19.6 Å². The quantitative estimate of drug-likeness (QED) is 0.742. The number of carbonyl (C=O) groups is 1. The lowest BCUT2D eigenvalue weighted by Crippen LogP contribution is -2.47. The summed E-state index contributed by atoms with van der Waals surface area (Å²) >= 11 is 0. The molecule has 3 nitrogen and oxygen atoms in total. The molecular weight excluding hydrogens is 208 g/mol. The van der Waals surface area contributed by atoms with Crippen molar-refractivity contribution < 1.29 is 14.3 Å². The van der Waals surface area contributed by atoms with E-state index in [1.165, 1.54) is 0 Å². The Morgan fingerprint density at radius 2 is 1.73 bits per heavy atom. The van der Waals surface area contributed by atoms with Crippen LogP contribution in [-0.2, 0) is 4.43 Å². The van der Waals surface area contributed by atoms with Crippen LogP contribution >= 0.6 is 0 Å². The van der Waals surface area contributed by atoms with Crippen LogP contribution in [0.25, 0.3) is 0 Å². The molecule has 1 atom stereocenters. The van der Waals surface area contributed by atoms with Gasteiger partial charge in [-0.1, -0.05) is 41.5 Å². The summed E-state index contributed by atoms with van der Waals surface area (Å²) in [5, 5.41) is 8.84. The third-order valence-electron chi connectivity index (χ3n) is 3.58. The molecule has 0 radical (unpaired) electrons. The zero-order valence-electron chi connectivity index (χ0n) is 10.8. The molecule has 0 bridgehead atoms. The minimum absolute atomic E-state index is 0.105. The van der Waals surface area contributed by atoms with Crippen molar-refractivity contribution >= 4 is 14.5 Å². The summed E-state index contributed by atoms with van der Waals surface area (Å²) < 4.78 is 5.28. The van der Waals surface area contributed by atoms with Crippen LogP contribution in [0.15, 0.2) is 0 Å². The van der Waals surface area contributed by atoms with E-state index in [9.17, 15) is 4.79 Å². The van der Waals surface area contributed by atoms with Crippen molar-refractivity contribution in [2.75, 3.05) is 0 Å². The molecule has 0 aromatic carbocycles. The largest absolute Gasteiger partial charge is 0.491 e. The Bertz CT molecular complexity index is 216. The van der Waals surface area contributed by atoms with Crippen molar-refractivity contribution in [3.63, 3.8) is 0 Å². The minimum Gasteiger partial charge on any atom is -0.489 e. The van der Waals surface area contributed by atoms with Crippen LogP contribution in [0.5, 0.6) is 0 Å². The topological polar surface area (TPSA) is 46.5 Å². The molecule has 15 heavy (non-hydrogen) atoms. The summed E-state index contributed by atoms with van der Waals surface area (Å²) in [4.78, 5) is 10.8. The molecule has 4 heteroatoms. The highest BCUT2D eigenvalue weighted by molar-refractivity contribution is 6.76. The smallest absolute Gasteiger partial charge is 0.489 e. The van der Waals surface area contributed by atoms with Crippen LogP contribution < -0.4 is 0 Å². The van der Waals surface area contributed by atoms with E-state index in [-0.39, 0.29) is 5.41 Å². The van der Waals surface area contributed by atoms with Crippen LogP contribution in [0.2, 0.25) is 17.6 Å². The van der Waals surface area contributed by atoms with Gasteiger partial charge in [0.2, 0.25) is 0 Å². The van der Waals surface area contributed by atoms with E-state index in [1.807, 2.05) is 13.8 Å². The van der Waals surface area contributed by atoms with Crippen molar-refractivity contribution in [2.45, 2.75) is 59.2 Å². The SMILES string of the molecule is CC[Si](CC)(OC(=O)O)C(C)C(C)(C)C. The van der Waals surface area contributed by atoms with Crippen molar-refractivity contribution in [1.29, 1.82) is 0 Å². The molecule has 0 heterocycles. The van der Waals surface area contributed by atoms with Gasteiger partial charge in [-0.15, -0.1) is 0 Å². The van der Waals surface area contributed by atoms with E-state index in [2.05, 4.69) is 27.7 Å². The maximum Gasteiger partial charge on any atom is 0.491 e. The number of rotatable bonds is 4. The van der Waals surface area contributed by atoms with Crippen LogP contribution in [0, 0.1) is 5.41 Å². The molecule has 0 amide bonds. The number of hydrogen-bond donors (Lipinski definition) is 1. The second kappa shape index (κ2) is 5.01. The van der Waals surface area contributed by atoms with Gasteiger partial charge in [-0.3, -0.25) is 0 Å². The summed E-state index contributed by atoms with van der Waals surface area (Å²) in [6.07, 6.45) is -1.11. The summed E-state index contributed by atoms with van der Waals surface area (Å²) in [7, 11) is -2.14. The summed E-state index contributed by atoms with van der Waals surface area (Å²) in [6, 6.07) is 1.71. The van der Waals surface area contributed by atoms with Gasteiger partial charge in [0.25, 0.3) is 8.32 Å². The fourth-order valence-corrected chi connectivity index (χ4v) is 6.17. The zero-order valence-corrected chi connectivity index (χ0v) is 11.8. The van der Waals surface area contributed by atoms with Gasteiger partial charge in [-0.05, 0) is 23.0 Å². The number of hydrogen-bond acceptors (Lipinski definition) is 2. The highest BCUT2D eigenvalue weighted by Gasteiger charge is 2.46. The van der Waals surface area contributed by atoms with Crippen molar-refractivity contribution in [1.82, 2.24) is 0 Å². The van der Waals surface area contributed by atoms with Gasteiger partial charge < -0.3 is 9.53 Å². The lowest BCUT2D eigenvalue weighted by atomic mass is 9.93. The molecule has 90 valence electrons. The third-order valence-corrected chi connectivity index (χ3v) is 9.00. The Morgan fingerprint density at radius 1 is 1.33 bits per heavy atom. The highest BCUT2D eigenvalue weighted by Crippen LogP contribution is 2.43. The van der Waals surface area contributed by atoms with Crippen LogP contribution in [0.3, 0.4) is 0 Å². The van der Waals surface area contributed by atoms with Gasteiger partial charge in [0, 0.05) is 0 Å². The number of carboxylic acid groups (broad SMARTS) is 1. The Labute approximate surface area is 94.0 Å². The molecule has 0 saturated heterocycles. The van der Waals surface area contributed by atoms with E-state index < -0.39 is 14.5 Å². The Balaban J connectivity index is 5.00. The van der Waals surface area contributed by atoms with Gasteiger partial charge >= 0.3 is 6.16 Å². The predicted molar refractivity (Wildman–Crippen MR) is 64.7 cm³/mol. The lowest BCUT2D eigenvalue weighted by Gasteiger charge is -2.40. The molecule has 0 aliphatic carbocycles. The van der Waals surface area contributed by atoms with E-state index in [4.69, 9.17) is 9.53 Å². The van der Waals surface area contributed by atoms with Crippen LogP contribution in [0.1, 0.15) is 41.5 Å². The molecule has 0 aromatic heterocycles. The lowest BCUT2D eigenvalue weighted by molar-refractivity contribution is 0.137. The molecule has 0 spiro atoms. The highest BCUT2D eigenvalue weighted by atomic mass is 28.4. The molecule has 0 fully saturated rings. The standard InChI is InChI=1S/C11H24O3Si/c1-7-15(8-2,14-10(12)13)9(3)11(4,5)6/h9H,7-8H2,1-6H3,(H,12,13). The molecule has 0 rings (SSSR count). The molecule has 0 aliphatic heterocycles. The van der Waals surface area contributed by atoms with Gasteiger partial charge in [0.1, 0.15) is 0 Å². The van der Waals surface area contributed by atoms with Gasteiger partial charge in [0.15, 0.2) is 0 Å². The first-order valence-corrected chi connectivity index (χ1v) is 8.01. The fraction of sp³-hybridized carbons (Fsp3) is 0.909. The molecule has 1 unspecified atom stereocenters. The van der Waals surface area contributed by atoms with Gasteiger partial charge in [-0.25, -0.2) is 4.79 Å². The van der Waals surface area contributed by atoms with Crippen molar-refractivity contribution in [3.8, 4) is 0 Å². The summed E-state index contributed by atoms with van der Waals surface area (Å²) in [5.41, 5.74) is 0.435. The maximum atomic E-state index is 10.8. The van der Waals surface area contributed by atoms with E-state index >= 15 is 0 Å². The summed E-state index contributed by atoms with van der Waals surface area (Å²) in [6.45, 7) is 12.7. The van der Waals surface area contributed by atoms with E-state index in [1.54, 1.807) is 0 Å². The van der Waals surface area contributed by atoms with Gasteiger partial charge in [0.05, 0.1) is 0 Å². The Kier molecular flexibility index (Phi) is 4.84. The second-order valence-corrected chi connectivity index (χ2v) is 9.84. The first-order valence-electron chi connectivity index (χ1n) is 5.61. The van der Waals surface area contributed by atoms with Crippen LogP contribution in [0.4, 0.5) is 4.79 Å². The third kappa shape index (κ3) is 3.52. The molecule has 0 saturated carbocycles. The van der Waals surface area contributed by atoms with Gasteiger partial charge in [-0.2, -0.15) is 0 Å². The summed E-state index contributed by atoms with van der Waals surface area (Å²) in [5.74, 6) is 0. The molecule has 1 N–H and O–H groups in total. The van der Waals surface area contributed by atoms with E-state index in [0.29, 0.717) is 5.54 Å².